The van der Waals surface area contributed by atoms with Gasteiger partial charge in [-0.15, -0.1) is 0 Å². The van der Waals surface area contributed by atoms with Crippen LogP contribution in [0.1, 0.15) is 33.0 Å². The maximum atomic E-state index is 4.22. The molecule has 64 valence electrons. The lowest BCUT2D eigenvalue weighted by atomic mass is 10.2. The topological polar surface area (TPSA) is 17.8 Å². The van der Waals surface area contributed by atoms with E-state index in [9.17, 15) is 0 Å². The fourth-order valence-electron chi connectivity index (χ4n) is 0.972. The molecule has 1 rings (SSSR count). The summed E-state index contributed by atoms with van der Waals surface area (Å²) >= 11 is 0. The van der Waals surface area contributed by atoms with Crippen molar-refractivity contribution in [1.82, 2.24) is 9.55 Å². The molecule has 0 saturated carbocycles. The molecular formula is C9H18N2. The summed E-state index contributed by atoms with van der Waals surface area (Å²) in [5, 5.41) is 0. The van der Waals surface area contributed by atoms with Crippen LogP contribution in [0.15, 0.2) is 12.4 Å². The lowest BCUT2D eigenvalue weighted by molar-refractivity contribution is 0.712. The van der Waals surface area contributed by atoms with Gasteiger partial charge in [0.1, 0.15) is 5.82 Å². The Kier molecular flexibility index (Phi) is 4.59. The van der Waals surface area contributed by atoms with Crippen LogP contribution in [0, 0.1) is 0 Å². The van der Waals surface area contributed by atoms with Crippen molar-refractivity contribution in [3.05, 3.63) is 18.2 Å². The maximum Gasteiger partial charge on any atom is 0.108 e. The van der Waals surface area contributed by atoms with Gasteiger partial charge in [-0.25, -0.2) is 4.98 Å². The van der Waals surface area contributed by atoms with E-state index < -0.39 is 0 Å². The van der Waals surface area contributed by atoms with Crippen LogP contribution in [0.5, 0.6) is 0 Å². The van der Waals surface area contributed by atoms with Crippen molar-refractivity contribution in [2.75, 3.05) is 0 Å². The van der Waals surface area contributed by atoms with Crippen molar-refractivity contribution in [3.63, 3.8) is 0 Å². The Morgan fingerprint density at radius 2 is 2.27 bits per heavy atom. The fraction of sp³-hybridized carbons (Fsp3) is 0.667. The van der Waals surface area contributed by atoms with Crippen molar-refractivity contribution in [1.29, 1.82) is 0 Å². The molecule has 2 heteroatoms. The van der Waals surface area contributed by atoms with E-state index in [1.165, 1.54) is 18.7 Å². The molecule has 1 aromatic heterocycles. The molecule has 1 aromatic rings. The van der Waals surface area contributed by atoms with Crippen molar-refractivity contribution in [2.45, 2.75) is 33.6 Å². The highest BCUT2D eigenvalue weighted by Crippen LogP contribution is 2.00. The second kappa shape index (κ2) is 4.94. The van der Waals surface area contributed by atoms with Crippen molar-refractivity contribution in [2.24, 2.45) is 7.05 Å². The van der Waals surface area contributed by atoms with E-state index in [-0.39, 0.29) is 7.43 Å². The first kappa shape index (κ1) is 10.2. The zero-order valence-electron chi connectivity index (χ0n) is 6.67. The van der Waals surface area contributed by atoms with Gasteiger partial charge in [0.05, 0.1) is 0 Å². The minimum atomic E-state index is 0. The van der Waals surface area contributed by atoms with Crippen LogP contribution in [0.2, 0.25) is 0 Å². The summed E-state index contributed by atoms with van der Waals surface area (Å²) < 4.78 is 2.08. The molecule has 0 N–H and O–H groups in total. The first-order chi connectivity index (χ1) is 4.84. The van der Waals surface area contributed by atoms with Crippen molar-refractivity contribution >= 4 is 0 Å². The number of aryl methyl sites for hydroxylation is 2. The Hall–Kier alpha value is -0.790. The monoisotopic (exact) mass is 154 g/mol. The summed E-state index contributed by atoms with van der Waals surface area (Å²) in [5.41, 5.74) is 0. The van der Waals surface area contributed by atoms with Crippen LogP contribution in [-0.2, 0) is 13.5 Å². The van der Waals surface area contributed by atoms with Gasteiger partial charge in [0.15, 0.2) is 0 Å². The van der Waals surface area contributed by atoms with Crippen LogP contribution in [0.25, 0.3) is 0 Å². The van der Waals surface area contributed by atoms with E-state index in [0.717, 1.165) is 6.42 Å². The molecule has 0 aliphatic carbocycles. The van der Waals surface area contributed by atoms with Gasteiger partial charge < -0.3 is 4.57 Å². The average Bonchev–Trinajstić information content (AvgIpc) is 2.31. The van der Waals surface area contributed by atoms with Crippen molar-refractivity contribution < 1.29 is 0 Å². The zero-order chi connectivity index (χ0) is 7.40. The molecule has 0 amide bonds. The van der Waals surface area contributed by atoms with E-state index in [1.807, 2.05) is 19.4 Å². The van der Waals surface area contributed by atoms with E-state index in [2.05, 4.69) is 16.5 Å². The lowest BCUT2D eigenvalue weighted by Crippen LogP contribution is -1.96. The Morgan fingerprint density at radius 3 is 2.73 bits per heavy atom. The minimum Gasteiger partial charge on any atom is -0.338 e. The van der Waals surface area contributed by atoms with Gasteiger partial charge >= 0.3 is 0 Å². The fourth-order valence-corrected chi connectivity index (χ4v) is 0.972. The molecule has 11 heavy (non-hydrogen) atoms. The molecule has 0 atom stereocenters. The molecule has 0 fully saturated rings. The molecule has 0 aliphatic rings. The lowest BCUT2D eigenvalue weighted by Gasteiger charge is -1.97. The molecule has 0 spiro atoms. The molecule has 1 heterocycles. The van der Waals surface area contributed by atoms with Gasteiger partial charge in [-0.05, 0) is 6.42 Å². The predicted molar refractivity (Wildman–Crippen MR) is 48.6 cm³/mol. The molecular weight excluding hydrogens is 136 g/mol. The third-order valence-corrected chi connectivity index (χ3v) is 1.67. The van der Waals surface area contributed by atoms with E-state index in [1.54, 1.807) is 0 Å². The van der Waals surface area contributed by atoms with Crippen LogP contribution >= 0.6 is 0 Å². The van der Waals surface area contributed by atoms with Crippen LogP contribution in [0.4, 0.5) is 0 Å². The summed E-state index contributed by atoms with van der Waals surface area (Å²) in [4.78, 5) is 4.22. The van der Waals surface area contributed by atoms with Gasteiger partial charge in [0.25, 0.3) is 0 Å². The number of nitrogens with zero attached hydrogens (tertiary/aromatic N) is 2. The standard InChI is InChI=1S/C8H14N2.CH4/c1-3-4-5-8-9-6-7-10(8)2;/h6-7H,3-5H2,1-2H3;1H4. The van der Waals surface area contributed by atoms with E-state index in [4.69, 9.17) is 0 Å². The van der Waals surface area contributed by atoms with Gasteiger partial charge in [-0.3, -0.25) is 0 Å². The third-order valence-electron chi connectivity index (χ3n) is 1.67. The normalized spacial score (nSPS) is 9.27. The Labute approximate surface area is 69.3 Å². The van der Waals surface area contributed by atoms with Gasteiger partial charge in [0, 0.05) is 25.9 Å². The second-order valence-electron chi connectivity index (χ2n) is 2.56. The number of imidazole rings is 1. The highest BCUT2D eigenvalue weighted by Gasteiger charge is 1.95. The molecule has 0 unspecified atom stereocenters. The Morgan fingerprint density at radius 1 is 1.55 bits per heavy atom. The van der Waals surface area contributed by atoms with E-state index in [0.29, 0.717) is 0 Å². The van der Waals surface area contributed by atoms with Gasteiger partial charge in [0.2, 0.25) is 0 Å². The number of aromatic nitrogens is 2. The summed E-state index contributed by atoms with van der Waals surface area (Å²) in [5.74, 6) is 1.20. The van der Waals surface area contributed by atoms with E-state index >= 15 is 0 Å². The highest BCUT2D eigenvalue weighted by atomic mass is 15.0. The quantitative estimate of drug-likeness (QED) is 0.653. The summed E-state index contributed by atoms with van der Waals surface area (Å²) in [7, 11) is 2.04. The molecule has 0 saturated heterocycles. The molecule has 0 bridgehead atoms. The maximum absolute atomic E-state index is 4.22. The molecule has 0 radical (unpaired) electrons. The first-order valence-electron chi connectivity index (χ1n) is 3.80. The third kappa shape index (κ3) is 2.74. The second-order valence-corrected chi connectivity index (χ2v) is 2.56. The minimum absolute atomic E-state index is 0. The average molecular weight is 154 g/mol. The number of unbranched alkanes of at least 4 members (excludes halogenated alkanes) is 1. The number of hydrogen-bond acceptors (Lipinski definition) is 1. The number of hydrogen-bond donors (Lipinski definition) is 0. The largest absolute Gasteiger partial charge is 0.338 e. The Balaban J connectivity index is 0.000001000. The number of rotatable bonds is 3. The Bertz CT molecular complexity index is 191. The zero-order valence-corrected chi connectivity index (χ0v) is 6.67. The van der Waals surface area contributed by atoms with Crippen LogP contribution < -0.4 is 0 Å². The van der Waals surface area contributed by atoms with Gasteiger partial charge in [-0.2, -0.15) is 0 Å². The summed E-state index contributed by atoms with van der Waals surface area (Å²) in [6.07, 6.45) is 7.44. The molecule has 2 nitrogen and oxygen atoms in total. The van der Waals surface area contributed by atoms with Crippen molar-refractivity contribution in [3.8, 4) is 0 Å². The highest BCUT2D eigenvalue weighted by molar-refractivity contribution is 4.90. The predicted octanol–water partition coefficient (Wildman–Crippen LogP) is 2.40. The first-order valence-corrected chi connectivity index (χ1v) is 3.80. The van der Waals surface area contributed by atoms with Gasteiger partial charge in [-0.1, -0.05) is 20.8 Å². The summed E-state index contributed by atoms with van der Waals surface area (Å²) in [6.45, 7) is 2.20. The van der Waals surface area contributed by atoms with Crippen LogP contribution in [0.3, 0.4) is 0 Å². The summed E-state index contributed by atoms with van der Waals surface area (Å²) in [6, 6.07) is 0. The SMILES string of the molecule is C.CCCCc1nccn1C. The van der Waals surface area contributed by atoms with Crippen LogP contribution in [-0.4, -0.2) is 9.55 Å². The molecule has 0 aromatic carbocycles. The molecule has 0 aliphatic heterocycles. The smallest absolute Gasteiger partial charge is 0.108 e.